The topological polar surface area (TPSA) is 38.0 Å². The minimum Gasteiger partial charge on any atom is -0.397 e. The second kappa shape index (κ2) is 5.06. The van der Waals surface area contributed by atoms with Crippen molar-refractivity contribution in [2.45, 2.75) is 27.7 Å². The Bertz CT molecular complexity index is 298. The van der Waals surface area contributed by atoms with E-state index in [1.165, 1.54) is 5.56 Å². The second-order valence-corrected chi connectivity index (χ2v) is 4.64. The van der Waals surface area contributed by atoms with E-state index >= 15 is 0 Å². The molecule has 0 aromatic heterocycles. The maximum absolute atomic E-state index is 5.92. The van der Waals surface area contributed by atoms with Crippen molar-refractivity contribution in [2.24, 2.45) is 11.8 Å². The van der Waals surface area contributed by atoms with E-state index in [9.17, 15) is 0 Å². The van der Waals surface area contributed by atoms with Crippen molar-refractivity contribution in [1.29, 1.82) is 0 Å². The number of rotatable bonds is 4. The molecule has 0 amide bonds. The summed E-state index contributed by atoms with van der Waals surface area (Å²) in [6.45, 7) is 9.80. The summed E-state index contributed by atoms with van der Waals surface area (Å²) in [6, 6.07) is 6.01. The standard InChI is InChI=1S/C13H22N2/c1-9(2)11(4)8-15-13-10(3)6-5-7-12(13)14/h5-7,9,11,15H,8,14H2,1-4H3. The van der Waals surface area contributed by atoms with Crippen LogP contribution >= 0.6 is 0 Å². The molecule has 15 heavy (non-hydrogen) atoms. The van der Waals surface area contributed by atoms with E-state index in [1.54, 1.807) is 0 Å². The van der Waals surface area contributed by atoms with Gasteiger partial charge in [-0.1, -0.05) is 32.9 Å². The number of nitrogens with two attached hydrogens (primary N) is 1. The predicted octanol–water partition coefficient (Wildman–Crippen LogP) is 3.28. The maximum atomic E-state index is 5.92. The molecule has 0 heterocycles. The van der Waals surface area contributed by atoms with E-state index in [1.807, 2.05) is 12.1 Å². The molecule has 0 bridgehead atoms. The highest BCUT2D eigenvalue weighted by Crippen LogP contribution is 2.23. The molecule has 2 nitrogen and oxygen atoms in total. The number of hydrogen-bond acceptors (Lipinski definition) is 2. The molecule has 1 aromatic carbocycles. The molecule has 1 unspecified atom stereocenters. The van der Waals surface area contributed by atoms with Crippen molar-refractivity contribution < 1.29 is 0 Å². The highest BCUT2D eigenvalue weighted by molar-refractivity contribution is 5.69. The van der Waals surface area contributed by atoms with Gasteiger partial charge < -0.3 is 11.1 Å². The molecule has 0 saturated carbocycles. The van der Waals surface area contributed by atoms with Crippen LogP contribution in [0.4, 0.5) is 11.4 Å². The molecular formula is C13H22N2. The van der Waals surface area contributed by atoms with Crippen LogP contribution in [-0.2, 0) is 0 Å². The van der Waals surface area contributed by atoms with E-state index in [4.69, 9.17) is 5.73 Å². The van der Waals surface area contributed by atoms with Gasteiger partial charge in [-0.15, -0.1) is 0 Å². The zero-order chi connectivity index (χ0) is 11.4. The smallest absolute Gasteiger partial charge is 0.0603 e. The van der Waals surface area contributed by atoms with E-state index in [2.05, 4.69) is 39.1 Å². The van der Waals surface area contributed by atoms with Crippen molar-refractivity contribution in [3.63, 3.8) is 0 Å². The van der Waals surface area contributed by atoms with Gasteiger partial charge in [0.15, 0.2) is 0 Å². The quantitative estimate of drug-likeness (QED) is 0.742. The number of para-hydroxylation sites is 1. The summed E-state index contributed by atoms with van der Waals surface area (Å²) in [6.07, 6.45) is 0. The van der Waals surface area contributed by atoms with Gasteiger partial charge in [-0.25, -0.2) is 0 Å². The molecule has 84 valence electrons. The van der Waals surface area contributed by atoms with Gasteiger partial charge in [-0.2, -0.15) is 0 Å². The lowest BCUT2D eigenvalue weighted by Gasteiger charge is -2.19. The minimum absolute atomic E-state index is 0.656. The molecule has 0 aliphatic rings. The lowest BCUT2D eigenvalue weighted by atomic mass is 9.98. The average Bonchev–Trinajstić information content (AvgIpc) is 2.16. The number of nitrogen functional groups attached to an aromatic ring is 1. The highest BCUT2D eigenvalue weighted by Gasteiger charge is 2.08. The monoisotopic (exact) mass is 206 g/mol. The number of aryl methyl sites for hydroxylation is 1. The Morgan fingerprint density at radius 2 is 1.93 bits per heavy atom. The van der Waals surface area contributed by atoms with E-state index < -0.39 is 0 Å². The van der Waals surface area contributed by atoms with Gasteiger partial charge in [0.1, 0.15) is 0 Å². The van der Waals surface area contributed by atoms with Crippen LogP contribution in [0.2, 0.25) is 0 Å². The van der Waals surface area contributed by atoms with Crippen molar-refractivity contribution in [3.05, 3.63) is 23.8 Å². The first-order valence-electron chi connectivity index (χ1n) is 5.61. The molecule has 1 atom stereocenters. The van der Waals surface area contributed by atoms with Crippen molar-refractivity contribution in [1.82, 2.24) is 0 Å². The molecule has 0 fully saturated rings. The van der Waals surface area contributed by atoms with Gasteiger partial charge in [-0.3, -0.25) is 0 Å². The van der Waals surface area contributed by atoms with Crippen molar-refractivity contribution >= 4 is 11.4 Å². The third kappa shape index (κ3) is 3.15. The molecule has 1 aromatic rings. The number of benzene rings is 1. The Balaban J connectivity index is 2.65. The predicted molar refractivity (Wildman–Crippen MR) is 68.1 cm³/mol. The van der Waals surface area contributed by atoms with Gasteiger partial charge in [0.25, 0.3) is 0 Å². The molecule has 0 saturated heterocycles. The summed E-state index contributed by atoms with van der Waals surface area (Å²) < 4.78 is 0. The number of nitrogens with one attached hydrogen (secondary N) is 1. The van der Waals surface area contributed by atoms with Gasteiger partial charge in [0.05, 0.1) is 11.4 Å². The lowest BCUT2D eigenvalue weighted by Crippen LogP contribution is -2.17. The van der Waals surface area contributed by atoms with Gasteiger partial charge in [-0.05, 0) is 30.4 Å². The molecule has 0 radical (unpaired) electrons. The van der Waals surface area contributed by atoms with Crippen LogP contribution in [0.1, 0.15) is 26.3 Å². The number of anilines is 2. The maximum Gasteiger partial charge on any atom is 0.0603 e. The van der Waals surface area contributed by atoms with Gasteiger partial charge >= 0.3 is 0 Å². The molecule has 3 N–H and O–H groups in total. The fourth-order valence-electron chi connectivity index (χ4n) is 1.43. The van der Waals surface area contributed by atoms with Crippen LogP contribution in [0.25, 0.3) is 0 Å². The molecule has 0 aliphatic heterocycles. The van der Waals surface area contributed by atoms with Crippen LogP contribution < -0.4 is 11.1 Å². The zero-order valence-corrected chi connectivity index (χ0v) is 10.2. The number of hydrogen-bond donors (Lipinski definition) is 2. The first kappa shape index (κ1) is 11.9. The summed E-state index contributed by atoms with van der Waals surface area (Å²) >= 11 is 0. The molecule has 2 heteroatoms. The summed E-state index contributed by atoms with van der Waals surface area (Å²) in [7, 11) is 0. The Labute approximate surface area is 92.9 Å². The average molecular weight is 206 g/mol. The van der Waals surface area contributed by atoms with Crippen molar-refractivity contribution in [3.8, 4) is 0 Å². The summed E-state index contributed by atoms with van der Waals surface area (Å²) in [5.41, 5.74) is 9.06. The fraction of sp³-hybridized carbons (Fsp3) is 0.538. The van der Waals surface area contributed by atoms with Crippen molar-refractivity contribution in [2.75, 3.05) is 17.6 Å². The third-order valence-electron chi connectivity index (χ3n) is 3.04. The first-order chi connectivity index (χ1) is 7.02. The van der Waals surface area contributed by atoms with Crippen LogP contribution in [0.15, 0.2) is 18.2 Å². The summed E-state index contributed by atoms with van der Waals surface area (Å²) in [5.74, 6) is 1.35. The minimum atomic E-state index is 0.656. The molecule has 0 aliphatic carbocycles. The Morgan fingerprint density at radius 1 is 1.27 bits per heavy atom. The normalized spacial score (nSPS) is 12.9. The zero-order valence-electron chi connectivity index (χ0n) is 10.2. The lowest BCUT2D eigenvalue weighted by molar-refractivity contribution is 0.440. The fourth-order valence-corrected chi connectivity index (χ4v) is 1.43. The Kier molecular flexibility index (Phi) is 4.01. The van der Waals surface area contributed by atoms with E-state index in [0.717, 1.165) is 17.9 Å². The second-order valence-electron chi connectivity index (χ2n) is 4.64. The van der Waals surface area contributed by atoms with E-state index in [-0.39, 0.29) is 0 Å². The van der Waals surface area contributed by atoms with E-state index in [0.29, 0.717) is 11.8 Å². The Morgan fingerprint density at radius 3 is 2.47 bits per heavy atom. The largest absolute Gasteiger partial charge is 0.397 e. The van der Waals surface area contributed by atoms with Crippen LogP contribution in [0.5, 0.6) is 0 Å². The SMILES string of the molecule is Cc1cccc(N)c1NCC(C)C(C)C. The Hall–Kier alpha value is -1.18. The molecule has 1 rings (SSSR count). The molecule has 0 spiro atoms. The van der Waals surface area contributed by atoms with Crippen LogP contribution in [0.3, 0.4) is 0 Å². The van der Waals surface area contributed by atoms with Crippen LogP contribution in [-0.4, -0.2) is 6.54 Å². The van der Waals surface area contributed by atoms with Gasteiger partial charge in [0, 0.05) is 6.54 Å². The third-order valence-corrected chi connectivity index (χ3v) is 3.04. The summed E-state index contributed by atoms with van der Waals surface area (Å²) in [4.78, 5) is 0. The summed E-state index contributed by atoms with van der Waals surface area (Å²) in [5, 5.41) is 3.44. The first-order valence-corrected chi connectivity index (χ1v) is 5.61. The highest BCUT2D eigenvalue weighted by atomic mass is 14.9. The molecular weight excluding hydrogens is 184 g/mol. The van der Waals surface area contributed by atoms with Crippen LogP contribution in [0, 0.1) is 18.8 Å². The van der Waals surface area contributed by atoms with Gasteiger partial charge in [0.2, 0.25) is 0 Å².